The lowest BCUT2D eigenvalue weighted by atomic mass is 9.87. The fourth-order valence-electron chi connectivity index (χ4n) is 7.67. The van der Waals surface area contributed by atoms with Crippen LogP contribution in [0.5, 0.6) is 11.5 Å². The van der Waals surface area contributed by atoms with Gasteiger partial charge in [0.15, 0.2) is 28.2 Å². The first-order valence-electron chi connectivity index (χ1n) is 17.1. The zero-order valence-electron chi connectivity index (χ0n) is 29.8. The van der Waals surface area contributed by atoms with Crippen LogP contribution in [-0.4, -0.2) is 131 Å². The number of hydrogen-bond donors (Lipinski definition) is 7. The molecule has 55 heavy (non-hydrogen) atoms. The second-order valence-electron chi connectivity index (χ2n) is 14.6. The van der Waals surface area contributed by atoms with Crippen LogP contribution in [0.25, 0.3) is 0 Å². The third-order valence-electron chi connectivity index (χ3n) is 10.7. The number of nitrogen functional groups attached to an aromatic ring is 1. The number of halogens is 1. The average Bonchev–Trinajstić information content (AvgIpc) is 3.59. The number of aliphatic carboxylic acids is 2. The molecule has 0 saturated carbocycles. The molecule has 3 fully saturated rings. The molecule has 18 nitrogen and oxygen atoms in total. The number of aromatic nitrogens is 1. The number of benzene rings is 1. The molecule has 1 aromatic carbocycles. The first kappa shape index (κ1) is 39.4. The number of carbonyl (C=O) groups is 6. The number of nitrogens with zero attached hydrogens (tertiary/aromatic N) is 4. The number of carbonyl (C=O) groups excluding carboxylic acids is 4. The molecule has 2 aromatic rings. The number of oxime groups is 1. The van der Waals surface area contributed by atoms with Gasteiger partial charge in [0.1, 0.15) is 29.4 Å². The number of carboxylic acids is 2. The zero-order chi connectivity index (χ0) is 40.1. The molecule has 6 atom stereocenters. The number of thiazole rings is 1. The molecular formula is C34H39FN7O11S2+. The number of nitrogens with one attached hydrogen (secondary N) is 2. The summed E-state index contributed by atoms with van der Waals surface area (Å²) in [6, 6.07) is 0.546. The number of carboxylic acid groups (broad SMARTS) is 2. The fourth-order valence-corrected chi connectivity index (χ4v) is 9.55. The minimum atomic E-state index is -1.80. The number of rotatable bonds is 13. The predicted octanol–water partition coefficient (Wildman–Crippen LogP) is 0.985. The molecule has 5 heterocycles. The van der Waals surface area contributed by atoms with E-state index in [9.17, 15) is 53.6 Å². The fraction of sp³-hybridized carbons (Fsp3) is 0.471. The van der Waals surface area contributed by atoms with Gasteiger partial charge in [-0.25, -0.2) is 19.0 Å². The number of β-lactam (4-membered cyclic amide) rings is 1. The highest BCUT2D eigenvalue weighted by Gasteiger charge is 2.57. The highest BCUT2D eigenvalue weighted by atomic mass is 32.2. The van der Waals surface area contributed by atoms with E-state index in [-0.39, 0.29) is 46.8 Å². The first-order valence-corrected chi connectivity index (χ1v) is 19.1. The Hall–Kier alpha value is -5.28. The van der Waals surface area contributed by atoms with Gasteiger partial charge in [-0.2, -0.15) is 0 Å². The van der Waals surface area contributed by atoms with Gasteiger partial charge in [0, 0.05) is 54.5 Å². The van der Waals surface area contributed by atoms with Gasteiger partial charge >= 0.3 is 11.9 Å². The number of ketones is 1. The molecule has 1 aromatic heterocycles. The summed E-state index contributed by atoms with van der Waals surface area (Å²) in [5.74, 6) is -9.08. The summed E-state index contributed by atoms with van der Waals surface area (Å²) in [5, 5.41) is 48.6. The Morgan fingerprint density at radius 2 is 1.80 bits per heavy atom. The van der Waals surface area contributed by atoms with Crippen LogP contribution in [0.1, 0.15) is 55.6 Å². The molecular weight excluding hydrogens is 766 g/mol. The largest absolute Gasteiger partial charge is 0.504 e. The van der Waals surface area contributed by atoms with Crippen LogP contribution in [0.2, 0.25) is 0 Å². The Morgan fingerprint density at radius 1 is 1.13 bits per heavy atom. The average molecular weight is 805 g/mol. The molecule has 3 saturated heterocycles. The molecule has 3 amide bonds. The highest BCUT2D eigenvalue weighted by Crippen LogP contribution is 2.47. The number of piperidine rings is 1. The van der Waals surface area contributed by atoms with Gasteiger partial charge in [-0.1, -0.05) is 5.16 Å². The summed E-state index contributed by atoms with van der Waals surface area (Å²) in [4.78, 5) is 86.8. The Kier molecular flexibility index (Phi) is 10.6. The number of thioether (sulfide) groups is 1. The SMILES string of the molecule is CC(C)(O/N=C(\C(=O)N[C@@H]1C(=O)N2C(C(=O)O)=C(C[N+]3(C)[C@@H]4CC[C@H]3CC(CNC(=O)C(=O)c3cc(O)c(O)c(F)c3)C4)CS[C@H]12)c1csc(N)n1)C(=O)O. The maximum absolute atomic E-state index is 13.8. The van der Waals surface area contributed by atoms with Crippen LogP contribution < -0.4 is 16.4 Å². The predicted molar refractivity (Wildman–Crippen MR) is 193 cm³/mol. The number of anilines is 1. The lowest BCUT2D eigenvalue weighted by Gasteiger charge is -2.52. The normalized spacial score (nSPS) is 26.2. The molecule has 2 bridgehead atoms. The molecule has 21 heteroatoms. The van der Waals surface area contributed by atoms with Gasteiger partial charge in [0.05, 0.1) is 19.1 Å². The number of amides is 3. The quantitative estimate of drug-likeness (QED) is 0.0283. The molecule has 2 unspecified atom stereocenters. The topological polar surface area (TPSA) is 271 Å². The molecule has 4 aliphatic heterocycles. The summed E-state index contributed by atoms with van der Waals surface area (Å²) in [7, 11) is 2.05. The minimum Gasteiger partial charge on any atom is -0.504 e. The number of nitrogens with two attached hydrogens (primary N) is 1. The lowest BCUT2D eigenvalue weighted by molar-refractivity contribution is -0.945. The van der Waals surface area contributed by atoms with Crippen LogP contribution in [0.4, 0.5) is 9.52 Å². The molecule has 0 spiro atoms. The molecule has 0 radical (unpaired) electrons. The van der Waals surface area contributed by atoms with E-state index < -0.39 is 81.1 Å². The number of aromatic hydroxyl groups is 2. The highest BCUT2D eigenvalue weighted by molar-refractivity contribution is 8.00. The second-order valence-corrected chi connectivity index (χ2v) is 16.6. The van der Waals surface area contributed by atoms with Gasteiger partial charge in [-0.05, 0) is 31.9 Å². The van der Waals surface area contributed by atoms with Crippen molar-refractivity contribution in [2.45, 2.75) is 68.6 Å². The van der Waals surface area contributed by atoms with Crippen molar-refractivity contribution < 1.29 is 62.9 Å². The number of phenolic OH excluding ortho intramolecular Hbond substituents is 2. The van der Waals surface area contributed by atoms with Crippen LogP contribution in [0.3, 0.4) is 0 Å². The number of Topliss-reactive ketones (excluding diaryl/α,β-unsaturated/α-hetero) is 1. The van der Waals surface area contributed by atoms with E-state index in [4.69, 9.17) is 10.6 Å². The number of quaternary nitrogens is 1. The third kappa shape index (κ3) is 7.42. The number of fused-ring (bicyclic) bond motifs is 3. The standard InChI is InChI=1S/C34H38FN7O11S2/c1-34(2,32(51)52)53-40-22(20-13-55-33(36)38-20)27(46)39-23-29(48)41-24(31(49)50)16(12-54-30(23)41)11-42(3)17-4-5-18(42)7-14(6-17)10-37-28(47)25(44)15-8-19(35)26(45)21(43)9-15/h8-9,13-14,17-18,23,30H,4-7,10-12H2,1-3H3,(H7-,36,37,38,39,40,43,44,45,46,47,49,50,51,52)/p+1/t14?,17-,18+,23-,30-,42?/m1/s1. The first-order chi connectivity index (χ1) is 25.8. The number of hydrogen-bond acceptors (Lipinski definition) is 14. The monoisotopic (exact) mass is 804 g/mol. The van der Waals surface area contributed by atoms with E-state index in [2.05, 4.69) is 27.8 Å². The summed E-state index contributed by atoms with van der Waals surface area (Å²) in [6.45, 7) is 2.98. The lowest BCUT2D eigenvalue weighted by Crippen LogP contribution is -2.71. The molecule has 6 rings (SSSR count). The zero-order valence-corrected chi connectivity index (χ0v) is 31.4. The van der Waals surface area contributed by atoms with Crippen molar-refractivity contribution in [1.29, 1.82) is 0 Å². The summed E-state index contributed by atoms with van der Waals surface area (Å²) >= 11 is 2.30. The Balaban J connectivity index is 1.11. The summed E-state index contributed by atoms with van der Waals surface area (Å²) in [6.07, 6.45) is 3.03. The van der Waals surface area contributed by atoms with E-state index in [0.29, 0.717) is 35.5 Å². The van der Waals surface area contributed by atoms with Crippen molar-refractivity contribution >= 4 is 69.4 Å². The van der Waals surface area contributed by atoms with E-state index >= 15 is 0 Å². The summed E-state index contributed by atoms with van der Waals surface area (Å²) < 4.78 is 14.4. The molecule has 0 aliphatic carbocycles. The molecule has 4 aliphatic rings. The van der Waals surface area contributed by atoms with Crippen LogP contribution in [0, 0.1) is 11.7 Å². The van der Waals surface area contributed by atoms with Crippen molar-refractivity contribution in [3.63, 3.8) is 0 Å². The number of likely N-dealkylation sites (N-methyl/N-ethyl adjacent to an activating group) is 1. The van der Waals surface area contributed by atoms with E-state index in [0.717, 1.165) is 30.2 Å². The second kappa shape index (κ2) is 14.8. The van der Waals surface area contributed by atoms with Gasteiger partial charge in [-0.3, -0.25) is 24.1 Å². The third-order valence-corrected chi connectivity index (χ3v) is 12.7. The van der Waals surface area contributed by atoms with Crippen LogP contribution >= 0.6 is 23.1 Å². The van der Waals surface area contributed by atoms with E-state index in [1.807, 2.05) is 0 Å². The van der Waals surface area contributed by atoms with Crippen molar-refractivity contribution in [3.05, 3.63) is 45.9 Å². The smallest absolute Gasteiger partial charge is 0.352 e. The minimum absolute atomic E-state index is 0.000442. The molecule has 294 valence electrons. The van der Waals surface area contributed by atoms with E-state index in [1.54, 1.807) is 0 Å². The van der Waals surface area contributed by atoms with Crippen LogP contribution in [-0.2, 0) is 28.8 Å². The van der Waals surface area contributed by atoms with Gasteiger partial charge < -0.3 is 46.1 Å². The van der Waals surface area contributed by atoms with Crippen LogP contribution in [0.15, 0.2) is 33.9 Å². The van der Waals surface area contributed by atoms with Gasteiger partial charge in [0.25, 0.3) is 17.7 Å². The number of phenols is 2. The van der Waals surface area contributed by atoms with E-state index in [1.165, 1.54) is 35.9 Å². The molecule has 8 N–H and O–H groups in total. The summed E-state index contributed by atoms with van der Waals surface area (Å²) in [5.41, 5.74) is 3.52. The van der Waals surface area contributed by atoms with Crippen molar-refractivity contribution in [2.75, 3.05) is 31.6 Å². The Bertz CT molecular complexity index is 2020. The van der Waals surface area contributed by atoms with Crippen molar-refractivity contribution in [2.24, 2.45) is 11.1 Å². The van der Waals surface area contributed by atoms with Gasteiger partial charge in [0.2, 0.25) is 11.4 Å². The van der Waals surface area contributed by atoms with Crippen molar-refractivity contribution in [1.82, 2.24) is 20.5 Å². The maximum Gasteiger partial charge on any atom is 0.352 e. The van der Waals surface area contributed by atoms with Crippen molar-refractivity contribution in [3.8, 4) is 11.5 Å². The Morgan fingerprint density at radius 3 is 2.38 bits per heavy atom. The Labute approximate surface area is 320 Å². The maximum atomic E-state index is 13.8. The van der Waals surface area contributed by atoms with Gasteiger partial charge in [-0.15, -0.1) is 23.1 Å².